The van der Waals surface area contributed by atoms with Crippen molar-refractivity contribution in [2.24, 2.45) is 15.9 Å². The lowest BCUT2D eigenvalue weighted by Crippen LogP contribution is -2.26. The number of carboxylic acids is 1. The number of thioether (sulfide) groups is 1. The summed E-state index contributed by atoms with van der Waals surface area (Å²) in [5, 5.41) is 18.0. The topological polar surface area (TPSA) is 143 Å². The van der Waals surface area contributed by atoms with E-state index in [1.807, 2.05) is 0 Å². The van der Waals surface area contributed by atoms with E-state index in [-0.39, 0.29) is 29.7 Å². The number of carboxylic acid groups (broad SMARTS) is 1. The molecule has 1 fully saturated rings. The molecule has 9 nitrogen and oxygen atoms in total. The van der Waals surface area contributed by atoms with Crippen LogP contribution < -0.4 is 11.1 Å². The van der Waals surface area contributed by atoms with Gasteiger partial charge in [0.25, 0.3) is 5.91 Å². The quantitative estimate of drug-likeness (QED) is 0.579. The van der Waals surface area contributed by atoms with Gasteiger partial charge in [-0.2, -0.15) is 0 Å². The Bertz CT molecular complexity index is 610. The average Bonchev–Trinajstić information content (AvgIpc) is 2.90. The van der Waals surface area contributed by atoms with Crippen molar-refractivity contribution in [3.05, 3.63) is 11.1 Å². The fourth-order valence-electron chi connectivity index (χ4n) is 1.73. The third-order valence-corrected chi connectivity index (χ3v) is 3.75. The number of nitrogens with two attached hydrogens (primary N) is 1. The van der Waals surface area contributed by atoms with Gasteiger partial charge < -0.3 is 20.9 Å². The van der Waals surface area contributed by atoms with E-state index in [9.17, 15) is 14.4 Å². The lowest BCUT2D eigenvalue weighted by atomic mass is 10.1. The van der Waals surface area contributed by atoms with E-state index in [4.69, 9.17) is 15.6 Å². The van der Waals surface area contributed by atoms with Gasteiger partial charge in [0.15, 0.2) is 5.17 Å². The molecule has 0 aliphatic carbocycles. The van der Waals surface area contributed by atoms with Crippen molar-refractivity contribution in [3.8, 4) is 0 Å². The Morgan fingerprint density at radius 3 is 2.86 bits per heavy atom. The number of nitrogens with zero attached hydrogens (tertiary/aromatic N) is 2. The summed E-state index contributed by atoms with van der Waals surface area (Å²) in [7, 11) is 0. The van der Waals surface area contributed by atoms with Gasteiger partial charge in [0, 0.05) is 0 Å². The number of primary amides is 1. The van der Waals surface area contributed by atoms with Crippen molar-refractivity contribution in [1.29, 1.82) is 0 Å². The molecule has 2 aliphatic heterocycles. The van der Waals surface area contributed by atoms with E-state index in [2.05, 4.69) is 15.5 Å². The molecule has 0 aromatic rings. The van der Waals surface area contributed by atoms with Crippen molar-refractivity contribution >= 4 is 40.6 Å². The monoisotopic (exact) mass is 312 g/mol. The maximum atomic E-state index is 11.5. The van der Waals surface area contributed by atoms with Gasteiger partial charge in [0.1, 0.15) is 17.4 Å². The highest BCUT2D eigenvalue weighted by Crippen LogP contribution is 2.23. The molecule has 2 rings (SSSR count). The number of nitrogens with one attached hydrogen (secondary N) is 1. The molecular formula is C11H12N4O5S. The number of amidine groups is 1. The predicted molar refractivity (Wildman–Crippen MR) is 74.5 cm³/mol. The molecule has 21 heavy (non-hydrogen) atoms. The normalized spacial score (nSPS) is 25.4. The maximum Gasteiger partial charge on any atom is 0.305 e. The number of carbonyl (C=O) groups is 3. The van der Waals surface area contributed by atoms with Crippen LogP contribution in [0.15, 0.2) is 21.3 Å². The zero-order chi connectivity index (χ0) is 15.6. The fraction of sp³-hybridized carbons (Fsp3) is 0.364. The highest BCUT2D eigenvalue weighted by atomic mass is 32.2. The summed E-state index contributed by atoms with van der Waals surface area (Å²) in [6.07, 6.45) is -0.311. The molecule has 2 aliphatic rings. The van der Waals surface area contributed by atoms with E-state index in [0.717, 1.165) is 11.8 Å². The van der Waals surface area contributed by atoms with Gasteiger partial charge in [-0.15, -0.1) is 10.2 Å². The van der Waals surface area contributed by atoms with Gasteiger partial charge in [0.05, 0.1) is 6.42 Å². The fourth-order valence-corrected chi connectivity index (χ4v) is 2.64. The van der Waals surface area contributed by atoms with Crippen LogP contribution in [0.25, 0.3) is 0 Å². The minimum atomic E-state index is -1.08. The van der Waals surface area contributed by atoms with Crippen molar-refractivity contribution in [3.63, 3.8) is 0 Å². The third-order valence-electron chi connectivity index (χ3n) is 2.68. The first kappa shape index (κ1) is 15.0. The molecule has 0 aromatic carbocycles. The molecule has 10 heteroatoms. The van der Waals surface area contributed by atoms with Crippen molar-refractivity contribution in [1.82, 2.24) is 5.32 Å². The van der Waals surface area contributed by atoms with Crippen molar-refractivity contribution in [2.75, 3.05) is 6.61 Å². The van der Waals surface area contributed by atoms with E-state index in [1.165, 1.54) is 0 Å². The first-order valence-corrected chi connectivity index (χ1v) is 6.74. The molecule has 1 unspecified atom stereocenters. The molecule has 2 heterocycles. The first-order valence-electron chi connectivity index (χ1n) is 5.86. The minimum absolute atomic E-state index is 0.0102. The van der Waals surface area contributed by atoms with Gasteiger partial charge in [-0.3, -0.25) is 14.4 Å². The van der Waals surface area contributed by atoms with Crippen LogP contribution in [0, 0.1) is 0 Å². The minimum Gasteiger partial charge on any atom is -0.481 e. The van der Waals surface area contributed by atoms with Crippen molar-refractivity contribution < 1.29 is 24.2 Å². The van der Waals surface area contributed by atoms with Crippen LogP contribution in [0.3, 0.4) is 0 Å². The number of hydrogen-bond acceptors (Lipinski definition) is 7. The summed E-state index contributed by atoms with van der Waals surface area (Å²) in [5.74, 6) is -2.21. The summed E-state index contributed by atoms with van der Waals surface area (Å²) in [6, 6.07) is 0. The van der Waals surface area contributed by atoms with Gasteiger partial charge in [-0.25, -0.2) is 0 Å². The summed E-state index contributed by atoms with van der Waals surface area (Å²) in [5.41, 5.74) is 6.02. The van der Waals surface area contributed by atoms with Crippen LogP contribution in [0.5, 0.6) is 0 Å². The van der Waals surface area contributed by atoms with E-state index in [0.29, 0.717) is 5.57 Å². The van der Waals surface area contributed by atoms with Crippen LogP contribution in [-0.2, 0) is 19.1 Å². The molecule has 0 radical (unpaired) electrons. The SMILES string of the molecule is CC1=C(C(N)=O)C(=NN=C2NC(=O)C(CC(=O)O)S2)OC1. The number of ether oxygens (including phenoxy) is 1. The number of hydrogen-bond donors (Lipinski definition) is 3. The zero-order valence-corrected chi connectivity index (χ0v) is 11.8. The Balaban J connectivity index is 2.12. The Morgan fingerprint density at radius 2 is 2.24 bits per heavy atom. The number of amides is 2. The molecule has 0 bridgehead atoms. The number of carbonyl (C=O) groups excluding carboxylic acids is 2. The second-order valence-electron chi connectivity index (χ2n) is 4.31. The zero-order valence-electron chi connectivity index (χ0n) is 11.0. The second-order valence-corrected chi connectivity index (χ2v) is 5.50. The molecule has 112 valence electrons. The lowest BCUT2D eigenvalue weighted by molar-refractivity contribution is -0.138. The predicted octanol–water partition coefficient (Wildman–Crippen LogP) is -0.806. The van der Waals surface area contributed by atoms with Crippen LogP contribution in [0.1, 0.15) is 13.3 Å². The Labute approximate surface area is 123 Å². The van der Waals surface area contributed by atoms with Gasteiger partial charge in [0.2, 0.25) is 11.8 Å². The molecular weight excluding hydrogens is 300 g/mol. The molecule has 1 atom stereocenters. The average molecular weight is 312 g/mol. The van der Waals surface area contributed by atoms with E-state index < -0.39 is 23.0 Å². The smallest absolute Gasteiger partial charge is 0.305 e. The lowest BCUT2D eigenvalue weighted by Gasteiger charge is -1.98. The van der Waals surface area contributed by atoms with Gasteiger partial charge in [-0.1, -0.05) is 11.8 Å². The summed E-state index contributed by atoms with van der Waals surface area (Å²) in [4.78, 5) is 33.4. The second kappa shape index (κ2) is 5.95. The number of rotatable bonds is 4. The highest BCUT2D eigenvalue weighted by molar-refractivity contribution is 8.15. The van der Waals surface area contributed by atoms with Crippen LogP contribution >= 0.6 is 11.8 Å². The largest absolute Gasteiger partial charge is 0.481 e. The standard InChI is InChI=1S/C11H12N4O5S/c1-4-3-20-10(7(4)8(12)18)14-15-11-13-9(19)5(21-11)2-6(16)17/h5H,2-3H2,1H3,(H2,12,18)(H,16,17)(H,13,15,19). The Morgan fingerprint density at radius 1 is 1.52 bits per heavy atom. The Hall–Kier alpha value is -2.36. The van der Waals surface area contributed by atoms with Crippen LogP contribution in [-0.4, -0.2) is 45.8 Å². The van der Waals surface area contributed by atoms with Crippen LogP contribution in [0.2, 0.25) is 0 Å². The third kappa shape index (κ3) is 3.40. The number of aliphatic carboxylic acids is 1. The first-order chi connectivity index (χ1) is 9.88. The Kier molecular flexibility index (Phi) is 4.26. The molecule has 0 saturated carbocycles. The molecule has 4 N–H and O–H groups in total. The molecule has 1 saturated heterocycles. The van der Waals surface area contributed by atoms with Gasteiger partial charge in [-0.05, 0) is 12.5 Å². The molecule has 0 aromatic heterocycles. The van der Waals surface area contributed by atoms with Crippen molar-refractivity contribution in [2.45, 2.75) is 18.6 Å². The van der Waals surface area contributed by atoms with E-state index >= 15 is 0 Å². The maximum absolute atomic E-state index is 11.5. The van der Waals surface area contributed by atoms with E-state index in [1.54, 1.807) is 6.92 Å². The summed E-state index contributed by atoms with van der Waals surface area (Å²) in [6.45, 7) is 1.88. The van der Waals surface area contributed by atoms with Gasteiger partial charge >= 0.3 is 5.97 Å². The molecule has 2 amide bonds. The summed E-state index contributed by atoms with van der Waals surface area (Å²) < 4.78 is 5.17. The van der Waals surface area contributed by atoms with Crippen LogP contribution in [0.4, 0.5) is 0 Å². The highest BCUT2D eigenvalue weighted by Gasteiger charge is 2.32. The summed E-state index contributed by atoms with van der Waals surface area (Å²) >= 11 is 0.955. The molecule has 0 spiro atoms.